The molecule has 0 amide bonds. The predicted octanol–water partition coefficient (Wildman–Crippen LogP) is 2.32. The smallest absolute Gasteiger partial charge is 0.278 e. The van der Waals surface area contributed by atoms with Crippen LogP contribution < -0.4 is 14.2 Å². The molecule has 14 heteroatoms. The van der Waals surface area contributed by atoms with Crippen molar-refractivity contribution in [2.24, 2.45) is 10.9 Å². The summed E-state index contributed by atoms with van der Waals surface area (Å²) in [7, 11) is -2.79. The number of hydrogen-bond donors (Lipinski definition) is 2. The minimum Gasteiger partial charge on any atom is -0.497 e. The van der Waals surface area contributed by atoms with Crippen LogP contribution >= 0.6 is 11.6 Å². The molecule has 0 bridgehead atoms. The van der Waals surface area contributed by atoms with Crippen LogP contribution in [0.4, 0.5) is 5.82 Å². The van der Waals surface area contributed by atoms with E-state index < -0.39 is 20.6 Å². The number of methoxy groups -OCH3 is 1. The van der Waals surface area contributed by atoms with Crippen molar-refractivity contribution in [3.05, 3.63) is 54.0 Å². The first-order valence-corrected chi connectivity index (χ1v) is 14.2. The second kappa shape index (κ2) is 12.0. The molecule has 0 saturated carbocycles. The Balaban J connectivity index is 1.87. The highest BCUT2D eigenvalue weighted by Gasteiger charge is 2.55. The summed E-state index contributed by atoms with van der Waals surface area (Å²) in [5, 5.41) is 9.91. The number of hydrogen-bond acceptors (Lipinski definition) is 11. The number of halogens is 1. The number of dihydropyridines is 1. The molecule has 0 aliphatic carbocycles. The highest BCUT2D eigenvalue weighted by atomic mass is 35.5. The zero-order valence-corrected chi connectivity index (χ0v) is 23.5. The van der Waals surface area contributed by atoms with Crippen LogP contribution in [0, 0.1) is 5.92 Å². The van der Waals surface area contributed by atoms with Crippen LogP contribution in [0.2, 0.25) is 5.02 Å². The summed E-state index contributed by atoms with van der Waals surface area (Å²) in [5.74, 6) is 0.540. The van der Waals surface area contributed by atoms with E-state index in [0.717, 1.165) is 0 Å². The van der Waals surface area contributed by atoms with Gasteiger partial charge in [0.05, 0.1) is 32.0 Å². The molecular weight excluding hydrogens is 550 g/mol. The maximum Gasteiger partial charge on any atom is 0.278 e. The largest absolute Gasteiger partial charge is 0.497 e. The fourth-order valence-electron chi connectivity index (χ4n) is 4.31. The van der Waals surface area contributed by atoms with Gasteiger partial charge in [-0.15, -0.1) is 0 Å². The normalized spacial score (nSPS) is 23.8. The Morgan fingerprint density at radius 3 is 2.64 bits per heavy atom. The quantitative estimate of drug-likeness (QED) is 0.401. The molecule has 2 atom stereocenters. The number of anilines is 1. The zero-order valence-electron chi connectivity index (χ0n) is 21.9. The Morgan fingerprint density at radius 1 is 1.23 bits per heavy atom. The molecular formula is C25H32ClN5O7S. The number of aliphatic hydroxyl groups excluding tert-OH is 1. The van der Waals surface area contributed by atoms with Crippen molar-refractivity contribution < 1.29 is 32.5 Å². The van der Waals surface area contributed by atoms with Gasteiger partial charge in [0.1, 0.15) is 30.3 Å². The van der Waals surface area contributed by atoms with Gasteiger partial charge in [-0.05, 0) is 30.4 Å². The average Bonchev–Trinajstić information content (AvgIpc) is 2.94. The van der Waals surface area contributed by atoms with Crippen LogP contribution in [0.3, 0.4) is 0 Å². The van der Waals surface area contributed by atoms with Crippen LogP contribution in [0.1, 0.15) is 13.8 Å². The van der Waals surface area contributed by atoms with Gasteiger partial charge in [-0.1, -0.05) is 25.4 Å². The van der Waals surface area contributed by atoms with E-state index in [0.29, 0.717) is 24.0 Å². The van der Waals surface area contributed by atoms with Crippen LogP contribution in [-0.4, -0.2) is 91.5 Å². The van der Waals surface area contributed by atoms with Crippen molar-refractivity contribution in [2.75, 3.05) is 51.3 Å². The summed E-state index contributed by atoms with van der Waals surface area (Å²) in [4.78, 5) is 12.4. The summed E-state index contributed by atoms with van der Waals surface area (Å²) in [6.45, 7) is 4.48. The van der Waals surface area contributed by atoms with E-state index in [4.69, 9.17) is 35.5 Å². The van der Waals surface area contributed by atoms with E-state index in [1.165, 1.54) is 31.8 Å². The third-order valence-corrected chi connectivity index (χ3v) is 8.50. The van der Waals surface area contributed by atoms with Gasteiger partial charge < -0.3 is 24.1 Å². The molecule has 0 radical (unpaired) electrons. The Bertz CT molecular complexity index is 1310. The lowest BCUT2D eigenvalue weighted by atomic mass is 9.87. The third-order valence-electron chi connectivity index (χ3n) is 6.43. The summed E-state index contributed by atoms with van der Waals surface area (Å²) in [6, 6.07) is 6.40. The van der Waals surface area contributed by atoms with E-state index in [1.807, 2.05) is 13.8 Å². The minimum absolute atomic E-state index is 0.0347. The van der Waals surface area contributed by atoms with E-state index in [2.05, 4.69) is 14.7 Å². The fourth-order valence-corrected chi connectivity index (χ4v) is 5.99. The number of aromatic nitrogens is 2. The molecule has 2 aromatic rings. The molecule has 1 aromatic carbocycles. The van der Waals surface area contributed by atoms with Crippen molar-refractivity contribution in [1.29, 1.82) is 0 Å². The van der Waals surface area contributed by atoms with Gasteiger partial charge in [0.2, 0.25) is 11.5 Å². The first-order valence-electron chi connectivity index (χ1n) is 12.4. The highest BCUT2D eigenvalue weighted by molar-refractivity contribution is 7.94. The SMILES string of the molecule is COc1ccc(Cl)c(OC2(C(C)C)C=CC(N3CCOCC3)(S(=O)(=O)Nc3ccncn3)N=C2OCCO)c1. The maximum absolute atomic E-state index is 14.1. The molecule has 2 N–H and O–H groups in total. The van der Waals surface area contributed by atoms with Crippen molar-refractivity contribution in [3.63, 3.8) is 0 Å². The van der Waals surface area contributed by atoms with E-state index in [-0.39, 0.29) is 49.7 Å². The Labute approximate surface area is 232 Å². The van der Waals surface area contributed by atoms with Gasteiger partial charge in [0, 0.05) is 31.3 Å². The highest BCUT2D eigenvalue weighted by Crippen LogP contribution is 2.41. The molecule has 2 unspecified atom stereocenters. The number of sulfonamides is 1. The van der Waals surface area contributed by atoms with Crippen molar-refractivity contribution >= 4 is 33.3 Å². The third kappa shape index (κ3) is 5.82. The first kappa shape index (κ1) is 29.0. The van der Waals surface area contributed by atoms with E-state index in [1.54, 1.807) is 29.2 Å². The molecule has 4 rings (SSSR count). The Hall–Kier alpha value is -2.97. The predicted molar refractivity (Wildman–Crippen MR) is 146 cm³/mol. The fraction of sp³-hybridized carbons (Fsp3) is 0.480. The molecule has 2 aliphatic rings. The molecule has 0 spiro atoms. The van der Waals surface area contributed by atoms with Gasteiger partial charge in [-0.2, -0.15) is 0 Å². The second-order valence-corrected chi connectivity index (χ2v) is 11.3. The van der Waals surface area contributed by atoms with Gasteiger partial charge in [-0.3, -0.25) is 9.62 Å². The lowest BCUT2D eigenvalue weighted by Crippen LogP contribution is -2.62. The Morgan fingerprint density at radius 2 is 2.00 bits per heavy atom. The molecule has 2 aliphatic heterocycles. The van der Waals surface area contributed by atoms with Crippen LogP contribution in [0.25, 0.3) is 0 Å². The second-order valence-electron chi connectivity index (χ2n) is 9.13. The maximum atomic E-state index is 14.1. The molecule has 3 heterocycles. The molecule has 1 fully saturated rings. The Kier molecular flexibility index (Phi) is 8.96. The molecule has 212 valence electrons. The summed E-state index contributed by atoms with van der Waals surface area (Å²) in [6.07, 6.45) is 5.78. The van der Waals surface area contributed by atoms with E-state index in [9.17, 15) is 13.5 Å². The van der Waals surface area contributed by atoms with Gasteiger partial charge in [0.25, 0.3) is 15.0 Å². The number of ether oxygens (including phenoxy) is 4. The average molecular weight is 582 g/mol. The standard InChI is InChI=1S/C25H32ClN5O7S/c1-18(2)24(38-21-16-19(35-3)4-5-20(21)26)7-8-25(29-23(24)37-15-12-32,31-10-13-36-14-11-31)39(33,34)30-22-6-9-27-17-28-22/h4-9,16-18,32H,10-15H2,1-3H3,(H,27,28,30). The van der Waals surface area contributed by atoms with Crippen molar-refractivity contribution in [2.45, 2.75) is 24.4 Å². The van der Waals surface area contributed by atoms with Gasteiger partial charge in [-0.25, -0.2) is 23.4 Å². The number of morpholine rings is 1. The number of benzene rings is 1. The number of rotatable bonds is 10. The van der Waals surface area contributed by atoms with Crippen LogP contribution in [-0.2, 0) is 19.5 Å². The molecule has 39 heavy (non-hydrogen) atoms. The summed E-state index contributed by atoms with van der Waals surface area (Å²) >= 11 is 6.47. The van der Waals surface area contributed by atoms with Crippen molar-refractivity contribution in [1.82, 2.24) is 14.9 Å². The zero-order chi connectivity index (χ0) is 28.1. The molecule has 1 aromatic heterocycles. The monoisotopic (exact) mass is 581 g/mol. The number of aliphatic imine (C=N–C) groups is 1. The summed E-state index contributed by atoms with van der Waals surface area (Å²) in [5.41, 5.74) is -1.37. The van der Waals surface area contributed by atoms with Gasteiger partial charge in [0.15, 0.2) is 0 Å². The molecule has 12 nitrogen and oxygen atoms in total. The van der Waals surface area contributed by atoms with E-state index >= 15 is 0 Å². The number of aliphatic hydroxyl groups is 1. The molecule has 1 saturated heterocycles. The number of nitrogens with one attached hydrogen (secondary N) is 1. The van der Waals surface area contributed by atoms with Gasteiger partial charge >= 0.3 is 0 Å². The minimum atomic E-state index is -4.31. The van der Waals surface area contributed by atoms with Crippen LogP contribution in [0.15, 0.2) is 53.9 Å². The number of nitrogens with zero attached hydrogens (tertiary/aromatic N) is 4. The first-order chi connectivity index (χ1) is 18.7. The lowest BCUT2D eigenvalue weighted by molar-refractivity contribution is 0.0132. The van der Waals surface area contributed by atoms with Crippen molar-refractivity contribution in [3.8, 4) is 11.5 Å². The topological polar surface area (TPSA) is 145 Å². The summed E-state index contributed by atoms with van der Waals surface area (Å²) < 4.78 is 53.9. The van der Waals surface area contributed by atoms with Crippen LogP contribution in [0.5, 0.6) is 11.5 Å². The lowest BCUT2D eigenvalue weighted by Gasteiger charge is -2.45.